The van der Waals surface area contributed by atoms with Gasteiger partial charge in [-0.2, -0.15) is 0 Å². The molecule has 3 aromatic rings. The molecule has 0 aliphatic carbocycles. The number of rotatable bonds is 8. The maximum Gasteiger partial charge on any atom is 0.337 e. The lowest BCUT2D eigenvalue weighted by Gasteiger charge is -2.23. The molecule has 0 amide bonds. The Bertz CT molecular complexity index is 1610. The second-order valence-corrected chi connectivity index (χ2v) is 9.95. The lowest BCUT2D eigenvalue weighted by atomic mass is 9.97. The first-order chi connectivity index (χ1) is 18.3. The molecule has 198 valence electrons. The second kappa shape index (κ2) is 11.8. The summed E-state index contributed by atoms with van der Waals surface area (Å²) in [6, 6.07) is 9.60. The Morgan fingerprint density at radius 2 is 1.79 bits per heavy atom. The molecule has 0 saturated carbocycles. The van der Waals surface area contributed by atoms with Crippen LogP contribution in [0.4, 0.5) is 0 Å². The Labute approximate surface area is 230 Å². The van der Waals surface area contributed by atoms with Gasteiger partial charge in [0.1, 0.15) is 5.75 Å². The third-order valence-corrected chi connectivity index (χ3v) is 7.01. The number of esters is 2. The fraction of sp³-hybridized carbons (Fsp3) is 0.259. The number of aromatic nitrogens is 1. The van der Waals surface area contributed by atoms with E-state index in [2.05, 4.69) is 20.9 Å². The summed E-state index contributed by atoms with van der Waals surface area (Å²) in [7, 11) is 1.28. The molecule has 0 radical (unpaired) electrons. The summed E-state index contributed by atoms with van der Waals surface area (Å²) in [6.07, 6.45) is 3.06. The van der Waals surface area contributed by atoms with Gasteiger partial charge in [0, 0.05) is 23.2 Å². The number of thiazole rings is 1. The highest BCUT2D eigenvalue weighted by Gasteiger charge is 2.31. The monoisotopic (exact) mass is 600 g/mol. The summed E-state index contributed by atoms with van der Waals surface area (Å²) in [6.45, 7) is 5.90. The van der Waals surface area contributed by atoms with Gasteiger partial charge in [-0.25, -0.2) is 9.79 Å². The summed E-state index contributed by atoms with van der Waals surface area (Å²) >= 11 is 4.57. The third-order valence-electron chi connectivity index (χ3n) is 5.52. The van der Waals surface area contributed by atoms with Crippen molar-refractivity contribution >= 4 is 45.3 Å². The average molecular weight is 601 g/mol. The molecule has 4 rings (SSSR count). The topological polar surface area (TPSA) is 105 Å². The Balaban J connectivity index is 1.92. The predicted molar refractivity (Wildman–Crippen MR) is 145 cm³/mol. The van der Waals surface area contributed by atoms with Gasteiger partial charge in [-0.15, -0.1) is 0 Å². The summed E-state index contributed by atoms with van der Waals surface area (Å²) in [5.41, 5.74) is 0.984. The number of halogens is 1. The standard InChI is InChI=1S/C27H25BrN2O7S/c1-5-35-21-9-7-16(12-22(21)36-6-2)24-19(26(33)34-4)14-29-27-30(24)25(32)23(38-27)13-17-11-18(28)8-10-20(17)37-15(3)31/h7-14,24H,5-6H2,1-4H3/b23-13+/t24-/m0/s1. The summed E-state index contributed by atoms with van der Waals surface area (Å²) < 4.78 is 24.3. The van der Waals surface area contributed by atoms with E-state index in [-0.39, 0.29) is 11.1 Å². The SMILES string of the molecule is CCOc1ccc([C@H]2C(C(=O)OC)=CN=c3s/c(=C/c4cc(Br)ccc4OC(C)=O)c(=O)n32)cc1OCC. The van der Waals surface area contributed by atoms with E-state index in [0.29, 0.717) is 50.9 Å². The molecule has 0 bridgehead atoms. The first kappa shape index (κ1) is 27.3. The van der Waals surface area contributed by atoms with Crippen LogP contribution in [0.25, 0.3) is 6.08 Å². The Morgan fingerprint density at radius 3 is 2.47 bits per heavy atom. The van der Waals surface area contributed by atoms with Crippen LogP contribution in [0.2, 0.25) is 0 Å². The van der Waals surface area contributed by atoms with Crippen molar-refractivity contribution in [2.75, 3.05) is 20.3 Å². The maximum atomic E-state index is 13.8. The normalized spacial score (nSPS) is 14.7. The minimum absolute atomic E-state index is 0.195. The van der Waals surface area contributed by atoms with Crippen molar-refractivity contribution in [3.8, 4) is 17.2 Å². The number of methoxy groups -OCH3 is 1. The highest BCUT2D eigenvalue weighted by molar-refractivity contribution is 9.10. The van der Waals surface area contributed by atoms with Crippen molar-refractivity contribution in [1.82, 2.24) is 4.57 Å². The van der Waals surface area contributed by atoms with Gasteiger partial charge in [0.25, 0.3) is 5.56 Å². The zero-order valence-electron chi connectivity index (χ0n) is 21.1. The summed E-state index contributed by atoms with van der Waals surface area (Å²) in [4.78, 5) is 42.9. The molecular formula is C27H25BrN2O7S. The molecule has 11 heteroatoms. The Kier molecular flexibility index (Phi) is 8.48. The van der Waals surface area contributed by atoms with Crippen molar-refractivity contribution in [3.63, 3.8) is 0 Å². The van der Waals surface area contributed by atoms with E-state index in [1.54, 1.807) is 42.5 Å². The van der Waals surface area contributed by atoms with Crippen LogP contribution in [-0.4, -0.2) is 36.8 Å². The van der Waals surface area contributed by atoms with E-state index in [4.69, 9.17) is 18.9 Å². The molecule has 1 aliphatic rings. The van der Waals surface area contributed by atoms with Crippen LogP contribution in [-0.2, 0) is 14.3 Å². The Hall–Kier alpha value is -3.70. The lowest BCUT2D eigenvalue weighted by Crippen LogP contribution is -2.39. The van der Waals surface area contributed by atoms with E-state index >= 15 is 0 Å². The van der Waals surface area contributed by atoms with Gasteiger partial charge in [0.2, 0.25) is 0 Å². The van der Waals surface area contributed by atoms with Crippen molar-refractivity contribution in [2.24, 2.45) is 4.99 Å². The molecule has 9 nitrogen and oxygen atoms in total. The predicted octanol–water partition coefficient (Wildman–Crippen LogP) is 3.50. The van der Waals surface area contributed by atoms with Gasteiger partial charge in [0.15, 0.2) is 16.3 Å². The molecule has 1 aromatic heterocycles. The lowest BCUT2D eigenvalue weighted by molar-refractivity contribution is -0.136. The maximum absolute atomic E-state index is 13.8. The van der Waals surface area contributed by atoms with Crippen LogP contribution >= 0.6 is 27.3 Å². The summed E-state index contributed by atoms with van der Waals surface area (Å²) in [5, 5.41) is 0. The highest BCUT2D eigenvalue weighted by Crippen LogP contribution is 2.35. The van der Waals surface area contributed by atoms with Gasteiger partial charge in [-0.05, 0) is 55.8 Å². The van der Waals surface area contributed by atoms with Crippen LogP contribution in [0.1, 0.15) is 37.9 Å². The zero-order valence-corrected chi connectivity index (χ0v) is 23.6. The minimum atomic E-state index is -0.814. The molecule has 38 heavy (non-hydrogen) atoms. The number of hydrogen-bond acceptors (Lipinski definition) is 9. The average Bonchev–Trinajstić information content (AvgIpc) is 3.20. The third kappa shape index (κ3) is 5.58. The fourth-order valence-electron chi connectivity index (χ4n) is 4.01. The van der Waals surface area contributed by atoms with Crippen molar-refractivity contribution in [2.45, 2.75) is 26.8 Å². The van der Waals surface area contributed by atoms with Gasteiger partial charge >= 0.3 is 11.9 Å². The molecule has 0 N–H and O–H groups in total. The van der Waals surface area contributed by atoms with Crippen LogP contribution in [0.3, 0.4) is 0 Å². The van der Waals surface area contributed by atoms with Crippen LogP contribution in [0, 0.1) is 0 Å². The molecule has 1 atom stereocenters. The van der Waals surface area contributed by atoms with Crippen molar-refractivity contribution < 1.29 is 28.5 Å². The van der Waals surface area contributed by atoms with Gasteiger partial charge in [-0.1, -0.05) is 33.3 Å². The van der Waals surface area contributed by atoms with E-state index in [1.165, 1.54) is 24.8 Å². The van der Waals surface area contributed by atoms with E-state index in [1.807, 2.05) is 13.8 Å². The first-order valence-electron chi connectivity index (χ1n) is 11.7. The molecule has 2 aromatic carbocycles. The number of fused-ring (bicyclic) bond motifs is 1. The molecule has 0 fully saturated rings. The molecule has 2 heterocycles. The van der Waals surface area contributed by atoms with Gasteiger partial charge in [0.05, 0.1) is 36.5 Å². The fourth-order valence-corrected chi connectivity index (χ4v) is 5.35. The number of benzene rings is 2. The van der Waals surface area contributed by atoms with E-state index in [9.17, 15) is 14.4 Å². The molecule has 1 aliphatic heterocycles. The van der Waals surface area contributed by atoms with Crippen molar-refractivity contribution in [3.05, 3.63) is 83.5 Å². The van der Waals surface area contributed by atoms with Gasteiger partial charge < -0.3 is 18.9 Å². The zero-order chi connectivity index (χ0) is 27.4. The van der Waals surface area contributed by atoms with E-state index < -0.39 is 18.0 Å². The van der Waals surface area contributed by atoms with Crippen LogP contribution in [0.15, 0.2) is 62.4 Å². The quantitative estimate of drug-likeness (QED) is 0.288. The number of carbonyl (C=O) groups is 2. The first-order valence-corrected chi connectivity index (χ1v) is 13.3. The van der Waals surface area contributed by atoms with Crippen LogP contribution < -0.4 is 29.1 Å². The number of hydrogen-bond donors (Lipinski definition) is 0. The summed E-state index contributed by atoms with van der Waals surface area (Å²) in [5.74, 6) is 0.277. The van der Waals surface area contributed by atoms with E-state index in [0.717, 1.165) is 15.8 Å². The minimum Gasteiger partial charge on any atom is -0.490 e. The largest absolute Gasteiger partial charge is 0.490 e. The number of carbonyl (C=O) groups excluding carboxylic acids is 2. The molecule has 0 saturated heterocycles. The molecule has 0 unspecified atom stereocenters. The number of nitrogens with zero attached hydrogens (tertiary/aromatic N) is 2. The molecule has 0 spiro atoms. The van der Waals surface area contributed by atoms with Crippen molar-refractivity contribution in [1.29, 1.82) is 0 Å². The van der Waals surface area contributed by atoms with Gasteiger partial charge in [-0.3, -0.25) is 14.2 Å². The molecular weight excluding hydrogens is 576 g/mol. The van der Waals surface area contributed by atoms with Crippen LogP contribution in [0.5, 0.6) is 17.2 Å². The smallest absolute Gasteiger partial charge is 0.337 e. The second-order valence-electron chi connectivity index (χ2n) is 8.02. The number of ether oxygens (including phenoxy) is 4. The Morgan fingerprint density at radius 1 is 1.08 bits per heavy atom. The highest BCUT2D eigenvalue weighted by atomic mass is 79.9.